The van der Waals surface area contributed by atoms with Gasteiger partial charge in [0.2, 0.25) is 5.75 Å². The maximum Gasteiger partial charge on any atom is 0.203 e. The molecule has 3 rings (SSSR count). The van der Waals surface area contributed by atoms with E-state index in [0.29, 0.717) is 43.6 Å². The van der Waals surface area contributed by atoms with Gasteiger partial charge in [-0.15, -0.1) is 0 Å². The van der Waals surface area contributed by atoms with Crippen molar-refractivity contribution in [3.05, 3.63) is 42.5 Å². The van der Waals surface area contributed by atoms with E-state index in [1.54, 1.807) is 14.2 Å². The molecule has 2 aromatic rings. The number of benzene rings is 2. The summed E-state index contributed by atoms with van der Waals surface area (Å²) in [6.07, 6.45) is 0. The van der Waals surface area contributed by atoms with Crippen molar-refractivity contribution in [3.8, 4) is 28.7 Å². The van der Waals surface area contributed by atoms with Crippen molar-refractivity contribution in [2.45, 2.75) is 12.5 Å². The van der Waals surface area contributed by atoms with E-state index in [9.17, 15) is 0 Å². The highest BCUT2D eigenvalue weighted by Gasteiger charge is 2.32. The summed E-state index contributed by atoms with van der Waals surface area (Å²) in [6.45, 7) is 4.30. The van der Waals surface area contributed by atoms with Crippen LogP contribution in [0, 0.1) is 0 Å². The lowest BCUT2D eigenvalue weighted by atomic mass is 10.1. The van der Waals surface area contributed by atoms with Crippen molar-refractivity contribution in [3.63, 3.8) is 0 Å². The molecule has 0 spiro atoms. The van der Waals surface area contributed by atoms with Crippen LogP contribution in [0.3, 0.4) is 0 Å². The normalized spacial score (nSPS) is 18.3. The maximum absolute atomic E-state index is 6.09. The molecule has 0 aromatic heterocycles. The Morgan fingerprint density at radius 3 is 2.38 bits per heavy atom. The molecule has 2 aromatic carbocycles. The maximum atomic E-state index is 6.09. The molecular formula is C20H25NO5. The van der Waals surface area contributed by atoms with Crippen molar-refractivity contribution >= 4 is 0 Å². The highest BCUT2D eigenvalue weighted by Crippen LogP contribution is 2.37. The Hall–Kier alpha value is -2.60. The minimum absolute atomic E-state index is 0.420. The molecule has 0 amide bonds. The predicted molar refractivity (Wildman–Crippen MR) is 98.9 cm³/mol. The van der Waals surface area contributed by atoms with Crippen LogP contribution in [0.25, 0.3) is 0 Å². The molecule has 1 aliphatic heterocycles. The van der Waals surface area contributed by atoms with Gasteiger partial charge in [0.15, 0.2) is 28.6 Å². The van der Waals surface area contributed by atoms with E-state index >= 15 is 0 Å². The Labute approximate surface area is 154 Å². The molecule has 0 radical (unpaired) electrons. The zero-order valence-electron chi connectivity index (χ0n) is 15.4. The van der Waals surface area contributed by atoms with Gasteiger partial charge in [-0.25, -0.2) is 0 Å². The van der Waals surface area contributed by atoms with Crippen LogP contribution >= 0.6 is 0 Å². The summed E-state index contributed by atoms with van der Waals surface area (Å²) >= 11 is 0. The third-order valence-electron chi connectivity index (χ3n) is 4.15. The van der Waals surface area contributed by atoms with E-state index in [1.165, 1.54) is 0 Å². The third kappa shape index (κ3) is 4.14. The lowest BCUT2D eigenvalue weighted by Crippen LogP contribution is -2.50. The van der Waals surface area contributed by atoms with Gasteiger partial charge in [0, 0.05) is 13.1 Å². The molecule has 0 fully saturated rings. The average molecular weight is 359 g/mol. The van der Waals surface area contributed by atoms with Gasteiger partial charge in [0.05, 0.1) is 14.2 Å². The van der Waals surface area contributed by atoms with Crippen molar-refractivity contribution in [2.75, 3.05) is 40.5 Å². The summed E-state index contributed by atoms with van der Waals surface area (Å²) in [5.74, 6) is 3.47. The average Bonchev–Trinajstić information content (AvgIpc) is 2.67. The van der Waals surface area contributed by atoms with Crippen molar-refractivity contribution < 1.29 is 23.7 Å². The van der Waals surface area contributed by atoms with Gasteiger partial charge in [-0.1, -0.05) is 18.2 Å². The van der Waals surface area contributed by atoms with Gasteiger partial charge in [0.25, 0.3) is 0 Å². The van der Waals surface area contributed by atoms with Crippen LogP contribution in [0.15, 0.2) is 42.5 Å². The smallest absolute Gasteiger partial charge is 0.203 e. The second-order valence-corrected chi connectivity index (χ2v) is 6.30. The van der Waals surface area contributed by atoms with Crippen molar-refractivity contribution in [1.82, 2.24) is 5.32 Å². The molecular weight excluding hydrogens is 334 g/mol. The van der Waals surface area contributed by atoms with E-state index in [1.807, 2.05) is 49.4 Å². The number of ether oxygens (including phenoxy) is 5. The highest BCUT2D eigenvalue weighted by atomic mass is 16.6. The predicted octanol–water partition coefficient (Wildman–Crippen LogP) is 2.90. The molecule has 0 saturated heterocycles. The molecule has 0 aliphatic carbocycles. The van der Waals surface area contributed by atoms with Crippen LogP contribution in [0.1, 0.15) is 6.92 Å². The van der Waals surface area contributed by atoms with Gasteiger partial charge in [0.1, 0.15) is 13.2 Å². The van der Waals surface area contributed by atoms with E-state index < -0.39 is 5.60 Å². The molecule has 0 unspecified atom stereocenters. The molecule has 26 heavy (non-hydrogen) atoms. The van der Waals surface area contributed by atoms with Gasteiger partial charge in [-0.2, -0.15) is 0 Å². The number of para-hydroxylation sites is 3. The second kappa shape index (κ2) is 8.19. The zero-order chi connectivity index (χ0) is 18.4. The molecule has 140 valence electrons. The van der Waals surface area contributed by atoms with Gasteiger partial charge in [-0.05, 0) is 31.2 Å². The van der Waals surface area contributed by atoms with Crippen molar-refractivity contribution in [1.29, 1.82) is 0 Å². The van der Waals surface area contributed by atoms with Gasteiger partial charge in [-0.3, -0.25) is 0 Å². The van der Waals surface area contributed by atoms with E-state index in [4.69, 9.17) is 23.7 Å². The number of hydrogen-bond donors (Lipinski definition) is 1. The molecule has 1 atom stereocenters. The van der Waals surface area contributed by atoms with Gasteiger partial charge >= 0.3 is 0 Å². The lowest BCUT2D eigenvalue weighted by molar-refractivity contribution is 0.00660. The second-order valence-electron chi connectivity index (χ2n) is 6.30. The lowest BCUT2D eigenvalue weighted by Gasteiger charge is -2.35. The van der Waals surface area contributed by atoms with Crippen LogP contribution < -0.4 is 29.0 Å². The first-order chi connectivity index (χ1) is 12.6. The minimum atomic E-state index is -0.420. The monoisotopic (exact) mass is 359 g/mol. The fourth-order valence-corrected chi connectivity index (χ4v) is 2.80. The van der Waals surface area contributed by atoms with Crippen LogP contribution in [0.5, 0.6) is 28.7 Å². The molecule has 6 nitrogen and oxygen atoms in total. The minimum Gasteiger partial charge on any atom is -0.493 e. The van der Waals surface area contributed by atoms with Crippen LogP contribution in [-0.2, 0) is 0 Å². The first-order valence-electron chi connectivity index (χ1n) is 8.60. The summed E-state index contributed by atoms with van der Waals surface area (Å²) in [4.78, 5) is 0. The highest BCUT2D eigenvalue weighted by molar-refractivity contribution is 5.51. The molecule has 1 N–H and O–H groups in total. The topological polar surface area (TPSA) is 58.2 Å². The fraction of sp³-hybridized carbons (Fsp3) is 0.400. The number of nitrogens with one attached hydrogen (secondary N) is 1. The Morgan fingerprint density at radius 1 is 1.00 bits per heavy atom. The molecule has 1 heterocycles. The Balaban J connectivity index is 1.48. The Morgan fingerprint density at radius 2 is 1.69 bits per heavy atom. The first-order valence-corrected chi connectivity index (χ1v) is 8.60. The largest absolute Gasteiger partial charge is 0.493 e. The summed E-state index contributed by atoms with van der Waals surface area (Å²) in [7, 11) is 3.22. The summed E-state index contributed by atoms with van der Waals surface area (Å²) in [5, 5.41) is 3.36. The number of hydrogen-bond acceptors (Lipinski definition) is 6. The van der Waals surface area contributed by atoms with Crippen LogP contribution in [-0.4, -0.2) is 46.1 Å². The number of fused-ring (bicyclic) bond motifs is 1. The zero-order valence-corrected chi connectivity index (χ0v) is 15.4. The van der Waals surface area contributed by atoms with Crippen molar-refractivity contribution in [2.24, 2.45) is 0 Å². The number of methoxy groups -OCH3 is 2. The number of rotatable bonds is 8. The van der Waals surface area contributed by atoms with E-state index in [2.05, 4.69) is 5.32 Å². The fourth-order valence-electron chi connectivity index (χ4n) is 2.80. The SMILES string of the molecule is COc1cccc(OC)c1OCCNC[C@]1(C)COc2ccccc2O1. The molecule has 6 heteroatoms. The summed E-state index contributed by atoms with van der Waals surface area (Å²) in [5.41, 5.74) is -0.420. The standard InChI is InChI=1S/C20H25NO5/c1-20(14-25-15-7-4-5-8-16(15)26-20)13-21-11-12-24-19-17(22-2)9-6-10-18(19)23-3/h4-10,21H,11-14H2,1-3H3/t20-/m1/s1. The van der Waals surface area contributed by atoms with Gasteiger partial charge < -0.3 is 29.0 Å². The van der Waals surface area contributed by atoms with Crippen LogP contribution in [0.2, 0.25) is 0 Å². The Kier molecular flexibility index (Phi) is 5.73. The third-order valence-corrected chi connectivity index (χ3v) is 4.15. The molecule has 0 bridgehead atoms. The summed E-state index contributed by atoms with van der Waals surface area (Å²) in [6, 6.07) is 13.3. The Bertz CT molecular complexity index is 714. The quantitative estimate of drug-likeness (QED) is 0.732. The summed E-state index contributed by atoms with van der Waals surface area (Å²) < 4.78 is 28.4. The first kappa shape index (κ1) is 18.2. The van der Waals surface area contributed by atoms with E-state index in [-0.39, 0.29) is 0 Å². The van der Waals surface area contributed by atoms with E-state index in [0.717, 1.165) is 11.5 Å². The molecule has 1 aliphatic rings. The van der Waals surface area contributed by atoms with Crippen LogP contribution in [0.4, 0.5) is 0 Å². The molecule has 0 saturated carbocycles.